The summed E-state index contributed by atoms with van der Waals surface area (Å²) in [6.07, 6.45) is 0. The van der Waals surface area contributed by atoms with Crippen LogP contribution in [-0.4, -0.2) is 41.9 Å². The number of methoxy groups -OCH3 is 1. The van der Waals surface area contributed by atoms with E-state index in [4.69, 9.17) is 15.2 Å². The second-order valence-electron chi connectivity index (χ2n) is 4.75. The van der Waals surface area contributed by atoms with Crippen LogP contribution < -0.4 is 10.5 Å². The van der Waals surface area contributed by atoms with E-state index in [-0.39, 0.29) is 11.4 Å². The zero-order chi connectivity index (χ0) is 15.9. The summed E-state index contributed by atoms with van der Waals surface area (Å²) < 4.78 is 37.2. The quantitative estimate of drug-likeness (QED) is 0.655. The predicted molar refractivity (Wildman–Crippen MR) is 81.7 cm³/mol. The lowest BCUT2D eigenvalue weighted by atomic mass is 10.1. The summed E-state index contributed by atoms with van der Waals surface area (Å²) >= 11 is 0. The van der Waals surface area contributed by atoms with Gasteiger partial charge in [0.05, 0.1) is 24.7 Å². The number of nitrogens with two attached hydrogens (primary N) is 1. The third kappa shape index (κ3) is 5.37. The highest BCUT2D eigenvalue weighted by atomic mass is 32.2. The lowest BCUT2D eigenvalue weighted by Gasteiger charge is -2.13. The zero-order valence-corrected chi connectivity index (χ0v) is 13.6. The number of benzene rings is 1. The highest BCUT2D eigenvalue weighted by molar-refractivity contribution is 7.89. The van der Waals surface area contributed by atoms with Gasteiger partial charge in [-0.1, -0.05) is 6.07 Å². The molecule has 0 saturated carbocycles. The highest BCUT2D eigenvalue weighted by Crippen LogP contribution is 2.20. The number of ether oxygens (including phenoxy) is 2. The Morgan fingerprint density at radius 1 is 1.14 bits per heavy atom. The zero-order valence-electron chi connectivity index (χ0n) is 12.8. The van der Waals surface area contributed by atoms with E-state index < -0.39 is 10.0 Å². The van der Waals surface area contributed by atoms with Gasteiger partial charge in [0.15, 0.2) is 0 Å². The van der Waals surface area contributed by atoms with Crippen molar-refractivity contribution < 1.29 is 17.9 Å². The van der Waals surface area contributed by atoms with Gasteiger partial charge in [0.25, 0.3) is 0 Å². The number of nitrogens with one attached hydrogen (secondary N) is 1. The molecular weight excluding hydrogens is 292 g/mol. The maximum atomic E-state index is 12.3. The Morgan fingerprint density at radius 2 is 1.86 bits per heavy atom. The van der Waals surface area contributed by atoms with E-state index in [2.05, 4.69) is 4.72 Å². The first-order chi connectivity index (χ1) is 9.92. The van der Waals surface area contributed by atoms with Gasteiger partial charge in [-0.25, -0.2) is 13.1 Å². The molecule has 0 aliphatic rings. The standard InChI is InChI=1S/C14H24N2O4S/c1-11-8-12(2)14(9-13(11)10-15)21(17,18)16-4-5-20-7-6-19-3/h8-9,16H,4-7,10,15H2,1-3H3. The molecule has 7 heteroatoms. The monoisotopic (exact) mass is 316 g/mol. The van der Waals surface area contributed by atoms with Crippen molar-refractivity contribution in [2.75, 3.05) is 33.5 Å². The van der Waals surface area contributed by atoms with E-state index in [1.165, 1.54) is 0 Å². The average molecular weight is 316 g/mol. The second-order valence-corrected chi connectivity index (χ2v) is 6.49. The molecule has 0 spiro atoms. The molecule has 120 valence electrons. The van der Waals surface area contributed by atoms with Crippen molar-refractivity contribution in [1.29, 1.82) is 0 Å². The largest absolute Gasteiger partial charge is 0.382 e. The lowest BCUT2D eigenvalue weighted by Crippen LogP contribution is -2.28. The Bertz CT molecular complexity index is 558. The van der Waals surface area contributed by atoms with Crippen molar-refractivity contribution in [3.63, 3.8) is 0 Å². The second kappa shape index (κ2) is 8.45. The maximum absolute atomic E-state index is 12.3. The number of aryl methyl sites for hydroxylation is 2. The molecule has 21 heavy (non-hydrogen) atoms. The van der Waals surface area contributed by atoms with Crippen LogP contribution in [0.4, 0.5) is 0 Å². The highest BCUT2D eigenvalue weighted by Gasteiger charge is 2.17. The van der Waals surface area contributed by atoms with Crippen LogP contribution in [0.2, 0.25) is 0 Å². The fourth-order valence-electron chi connectivity index (χ4n) is 1.95. The molecule has 0 atom stereocenters. The van der Waals surface area contributed by atoms with Gasteiger partial charge in [-0.2, -0.15) is 0 Å². The predicted octanol–water partition coefficient (Wildman–Crippen LogP) is 0.703. The smallest absolute Gasteiger partial charge is 0.240 e. The van der Waals surface area contributed by atoms with E-state index in [1.807, 2.05) is 13.0 Å². The first-order valence-electron chi connectivity index (χ1n) is 6.79. The summed E-state index contributed by atoms with van der Waals surface area (Å²) in [5.74, 6) is 0. The number of rotatable bonds is 9. The summed E-state index contributed by atoms with van der Waals surface area (Å²) in [7, 11) is -1.97. The Hall–Kier alpha value is -0.990. The molecule has 6 nitrogen and oxygen atoms in total. The minimum Gasteiger partial charge on any atom is -0.382 e. The summed E-state index contributed by atoms with van der Waals surface area (Å²) in [4.78, 5) is 0.269. The molecule has 0 saturated heterocycles. The Balaban J connectivity index is 2.70. The Labute approximate surface area is 126 Å². The average Bonchev–Trinajstić information content (AvgIpc) is 2.42. The molecule has 0 aromatic heterocycles. The van der Waals surface area contributed by atoms with E-state index in [0.717, 1.165) is 11.1 Å². The van der Waals surface area contributed by atoms with Gasteiger partial charge in [0.2, 0.25) is 10.0 Å². The molecule has 0 fully saturated rings. The first-order valence-corrected chi connectivity index (χ1v) is 8.27. The number of sulfonamides is 1. The summed E-state index contributed by atoms with van der Waals surface area (Å²) in [5.41, 5.74) is 8.17. The molecular formula is C14H24N2O4S. The third-order valence-electron chi connectivity index (χ3n) is 3.11. The van der Waals surface area contributed by atoms with Crippen LogP contribution in [0.1, 0.15) is 16.7 Å². The minimum absolute atomic E-state index is 0.220. The van der Waals surface area contributed by atoms with Gasteiger partial charge in [0, 0.05) is 20.2 Å². The van der Waals surface area contributed by atoms with Gasteiger partial charge in [0.1, 0.15) is 0 Å². The molecule has 1 rings (SSSR count). The lowest BCUT2D eigenvalue weighted by molar-refractivity contribution is 0.0736. The van der Waals surface area contributed by atoms with E-state index in [9.17, 15) is 8.42 Å². The van der Waals surface area contributed by atoms with Gasteiger partial charge in [-0.3, -0.25) is 0 Å². The maximum Gasteiger partial charge on any atom is 0.240 e. The Kier molecular flexibility index (Phi) is 7.27. The Morgan fingerprint density at radius 3 is 2.48 bits per heavy atom. The van der Waals surface area contributed by atoms with Crippen molar-refractivity contribution >= 4 is 10.0 Å². The van der Waals surface area contributed by atoms with Crippen LogP contribution in [0.3, 0.4) is 0 Å². The van der Waals surface area contributed by atoms with Gasteiger partial charge in [-0.05, 0) is 36.6 Å². The van der Waals surface area contributed by atoms with Crippen LogP contribution >= 0.6 is 0 Å². The molecule has 1 aromatic rings. The molecule has 0 amide bonds. The fourth-order valence-corrected chi connectivity index (χ4v) is 3.24. The first kappa shape index (κ1) is 18.1. The molecule has 0 bridgehead atoms. The normalized spacial score (nSPS) is 11.8. The number of hydrogen-bond donors (Lipinski definition) is 2. The van der Waals surface area contributed by atoms with E-state index in [0.29, 0.717) is 31.9 Å². The van der Waals surface area contributed by atoms with Crippen molar-refractivity contribution in [3.05, 3.63) is 28.8 Å². The molecule has 1 aromatic carbocycles. The molecule has 0 aliphatic heterocycles. The van der Waals surface area contributed by atoms with Crippen molar-refractivity contribution in [2.45, 2.75) is 25.3 Å². The van der Waals surface area contributed by atoms with Gasteiger partial charge < -0.3 is 15.2 Å². The molecule has 0 unspecified atom stereocenters. The topological polar surface area (TPSA) is 90.6 Å². The third-order valence-corrected chi connectivity index (χ3v) is 4.72. The van der Waals surface area contributed by atoms with Crippen LogP contribution in [0.15, 0.2) is 17.0 Å². The molecule has 0 heterocycles. The van der Waals surface area contributed by atoms with Crippen LogP contribution in [-0.2, 0) is 26.0 Å². The van der Waals surface area contributed by atoms with Crippen molar-refractivity contribution in [1.82, 2.24) is 4.72 Å². The van der Waals surface area contributed by atoms with Gasteiger partial charge in [-0.15, -0.1) is 0 Å². The summed E-state index contributed by atoms with van der Waals surface area (Å²) in [5, 5.41) is 0. The SMILES string of the molecule is COCCOCCNS(=O)(=O)c1cc(CN)c(C)cc1C. The van der Waals surface area contributed by atoms with E-state index in [1.54, 1.807) is 20.1 Å². The van der Waals surface area contributed by atoms with Crippen molar-refractivity contribution in [3.8, 4) is 0 Å². The fraction of sp³-hybridized carbons (Fsp3) is 0.571. The molecule has 0 radical (unpaired) electrons. The molecule has 0 aliphatic carbocycles. The number of hydrogen-bond acceptors (Lipinski definition) is 5. The molecule has 3 N–H and O–H groups in total. The van der Waals surface area contributed by atoms with Crippen LogP contribution in [0, 0.1) is 13.8 Å². The van der Waals surface area contributed by atoms with Crippen LogP contribution in [0.25, 0.3) is 0 Å². The van der Waals surface area contributed by atoms with Gasteiger partial charge >= 0.3 is 0 Å². The van der Waals surface area contributed by atoms with E-state index >= 15 is 0 Å². The van der Waals surface area contributed by atoms with Crippen LogP contribution in [0.5, 0.6) is 0 Å². The minimum atomic E-state index is -3.55. The summed E-state index contributed by atoms with van der Waals surface area (Å²) in [6.45, 7) is 5.46. The summed E-state index contributed by atoms with van der Waals surface area (Å²) in [6, 6.07) is 3.48. The van der Waals surface area contributed by atoms with Crippen molar-refractivity contribution in [2.24, 2.45) is 5.73 Å².